The lowest BCUT2D eigenvalue weighted by Gasteiger charge is -2.15. The highest BCUT2D eigenvalue weighted by molar-refractivity contribution is 7.80. The lowest BCUT2D eigenvalue weighted by atomic mass is 10.1. The molecule has 0 unspecified atom stereocenters. The van der Waals surface area contributed by atoms with Crippen molar-refractivity contribution in [2.45, 2.75) is 6.92 Å². The van der Waals surface area contributed by atoms with E-state index in [9.17, 15) is 0 Å². The van der Waals surface area contributed by atoms with E-state index in [0.29, 0.717) is 16.6 Å². The zero-order valence-corrected chi connectivity index (χ0v) is 12.6. The van der Waals surface area contributed by atoms with Crippen LogP contribution in [0.1, 0.15) is 12.5 Å². The molecular formula is C15H15ClN2OS. The van der Waals surface area contributed by atoms with Crippen LogP contribution in [0.25, 0.3) is 0 Å². The second kappa shape index (κ2) is 6.59. The van der Waals surface area contributed by atoms with E-state index in [-0.39, 0.29) is 0 Å². The number of rotatable bonds is 5. The first-order chi connectivity index (χ1) is 9.61. The maximum atomic E-state index is 6.03. The summed E-state index contributed by atoms with van der Waals surface area (Å²) in [5, 5.41) is 3.88. The number of hydrogen-bond donors (Lipinski definition) is 2. The molecule has 0 spiro atoms. The molecule has 0 heterocycles. The van der Waals surface area contributed by atoms with E-state index < -0.39 is 0 Å². The fourth-order valence-electron chi connectivity index (χ4n) is 1.83. The molecule has 0 aliphatic rings. The second-order valence-corrected chi connectivity index (χ2v) is 4.98. The first-order valence-corrected chi connectivity index (χ1v) is 6.98. The highest BCUT2D eigenvalue weighted by Gasteiger charge is 2.09. The fourth-order valence-corrected chi connectivity index (χ4v) is 2.18. The summed E-state index contributed by atoms with van der Waals surface area (Å²) in [5.74, 6) is 0.767. The van der Waals surface area contributed by atoms with E-state index in [1.165, 1.54) is 0 Å². The van der Waals surface area contributed by atoms with Gasteiger partial charge in [0.2, 0.25) is 0 Å². The van der Waals surface area contributed by atoms with Gasteiger partial charge in [0.05, 0.1) is 18.0 Å². The van der Waals surface area contributed by atoms with E-state index in [1.807, 2.05) is 31.2 Å². The minimum absolute atomic E-state index is 0.318. The number of hydrogen-bond acceptors (Lipinski definition) is 3. The Labute approximate surface area is 128 Å². The van der Waals surface area contributed by atoms with E-state index in [0.717, 1.165) is 22.7 Å². The van der Waals surface area contributed by atoms with Gasteiger partial charge in [-0.2, -0.15) is 0 Å². The molecule has 0 amide bonds. The van der Waals surface area contributed by atoms with Crippen molar-refractivity contribution in [1.29, 1.82) is 0 Å². The Balaban J connectivity index is 2.39. The average molecular weight is 307 g/mol. The molecule has 2 aromatic carbocycles. The number of thiocarbonyl (C=S) groups is 1. The van der Waals surface area contributed by atoms with Crippen LogP contribution < -0.4 is 15.8 Å². The van der Waals surface area contributed by atoms with Gasteiger partial charge in [-0.3, -0.25) is 0 Å². The third kappa shape index (κ3) is 3.40. The molecule has 3 N–H and O–H groups in total. The smallest absolute Gasteiger partial charge is 0.142 e. The molecule has 0 radical (unpaired) electrons. The third-order valence-corrected chi connectivity index (χ3v) is 3.16. The summed E-state index contributed by atoms with van der Waals surface area (Å²) in [6, 6.07) is 13.0. The van der Waals surface area contributed by atoms with Crippen LogP contribution in [-0.4, -0.2) is 11.6 Å². The zero-order chi connectivity index (χ0) is 14.5. The Hall–Kier alpha value is -1.78. The zero-order valence-electron chi connectivity index (χ0n) is 11.0. The van der Waals surface area contributed by atoms with Crippen molar-refractivity contribution in [3.63, 3.8) is 0 Å². The first kappa shape index (κ1) is 14.6. The molecular weight excluding hydrogens is 292 g/mol. The van der Waals surface area contributed by atoms with Gasteiger partial charge in [-0.1, -0.05) is 36.0 Å². The Kier molecular flexibility index (Phi) is 4.82. The summed E-state index contributed by atoms with van der Waals surface area (Å²) in [6.07, 6.45) is 0. The third-order valence-electron chi connectivity index (χ3n) is 2.70. The molecule has 0 saturated heterocycles. The standard InChI is InChI=1S/C15H15ClN2OS/c1-2-19-14-6-4-3-5-12(14)18-13-9-10(16)7-8-11(13)15(17)20/h3-9,18H,2H2,1H3,(H2,17,20). The molecule has 0 aliphatic carbocycles. The largest absolute Gasteiger partial charge is 0.492 e. The van der Waals surface area contributed by atoms with Crippen molar-refractivity contribution in [3.8, 4) is 5.75 Å². The summed E-state index contributed by atoms with van der Waals surface area (Å²) < 4.78 is 5.58. The topological polar surface area (TPSA) is 47.3 Å². The van der Waals surface area contributed by atoms with Crippen molar-refractivity contribution in [1.82, 2.24) is 0 Å². The lowest BCUT2D eigenvalue weighted by Crippen LogP contribution is -2.12. The summed E-state index contributed by atoms with van der Waals surface area (Å²) in [5.41, 5.74) is 8.08. The molecule has 2 aromatic rings. The number of nitrogens with one attached hydrogen (secondary N) is 1. The number of anilines is 2. The number of nitrogens with two attached hydrogens (primary N) is 1. The predicted octanol–water partition coefficient (Wildman–Crippen LogP) is 4.12. The Bertz CT molecular complexity index is 631. The van der Waals surface area contributed by atoms with Gasteiger partial charge in [0.15, 0.2) is 0 Å². The molecule has 3 nitrogen and oxygen atoms in total. The molecule has 0 bridgehead atoms. The quantitative estimate of drug-likeness (QED) is 0.816. The Morgan fingerprint density at radius 2 is 2.00 bits per heavy atom. The van der Waals surface area contributed by atoms with Crippen LogP contribution in [0.15, 0.2) is 42.5 Å². The van der Waals surface area contributed by atoms with Gasteiger partial charge in [-0.25, -0.2) is 0 Å². The van der Waals surface area contributed by atoms with Gasteiger partial charge in [-0.15, -0.1) is 0 Å². The molecule has 0 aromatic heterocycles. The van der Waals surface area contributed by atoms with Crippen molar-refractivity contribution in [2.24, 2.45) is 5.73 Å². The van der Waals surface area contributed by atoms with Gasteiger partial charge in [0.25, 0.3) is 0 Å². The Morgan fingerprint density at radius 3 is 2.70 bits per heavy atom. The molecule has 0 aliphatic heterocycles. The van der Waals surface area contributed by atoms with Gasteiger partial charge in [0, 0.05) is 10.6 Å². The fraction of sp³-hybridized carbons (Fsp3) is 0.133. The first-order valence-electron chi connectivity index (χ1n) is 6.20. The van der Waals surface area contributed by atoms with Crippen LogP contribution in [0.3, 0.4) is 0 Å². The summed E-state index contributed by atoms with van der Waals surface area (Å²) in [7, 11) is 0. The SMILES string of the molecule is CCOc1ccccc1Nc1cc(Cl)ccc1C(N)=S. The minimum atomic E-state index is 0.318. The van der Waals surface area contributed by atoms with Crippen LogP contribution in [0, 0.1) is 0 Å². The lowest BCUT2D eigenvalue weighted by molar-refractivity contribution is 0.342. The highest BCUT2D eigenvalue weighted by Crippen LogP contribution is 2.30. The number of halogens is 1. The maximum Gasteiger partial charge on any atom is 0.142 e. The van der Waals surface area contributed by atoms with E-state index in [4.69, 9.17) is 34.3 Å². The minimum Gasteiger partial charge on any atom is -0.492 e. The molecule has 20 heavy (non-hydrogen) atoms. The van der Waals surface area contributed by atoms with Gasteiger partial charge in [0.1, 0.15) is 10.7 Å². The van der Waals surface area contributed by atoms with E-state index >= 15 is 0 Å². The van der Waals surface area contributed by atoms with Crippen LogP contribution in [0.4, 0.5) is 11.4 Å². The summed E-state index contributed by atoms with van der Waals surface area (Å²) in [6.45, 7) is 2.53. The Morgan fingerprint density at radius 1 is 1.25 bits per heavy atom. The number of ether oxygens (including phenoxy) is 1. The maximum absolute atomic E-state index is 6.03. The molecule has 104 valence electrons. The summed E-state index contributed by atoms with van der Waals surface area (Å²) in [4.78, 5) is 0.318. The molecule has 2 rings (SSSR count). The van der Waals surface area contributed by atoms with Crippen molar-refractivity contribution < 1.29 is 4.74 Å². The molecule has 0 atom stereocenters. The highest BCUT2D eigenvalue weighted by atomic mass is 35.5. The van der Waals surface area contributed by atoms with Crippen molar-refractivity contribution in [2.75, 3.05) is 11.9 Å². The van der Waals surface area contributed by atoms with Gasteiger partial charge < -0.3 is 15.8 Å². The van der Waals surface area contributed by atoms with Gasteiger partial charge >= 0.3 is 0 Å². The monoisotopic (exact) mass is 306 g/mol. The van der Waals surface area contributed by atoms with Crippen LogP contribution in [0.5, 0.6) is 5.75 Å². The summed E-state index contributed by atoms with van der Waals surface area (Å²) >= 11 is 11.1. The predicted molar refractivity (Wildman–Crippen MR) is 88.2 cm³/mol. The van der Waals surface area contributed by atoms with E-state index in [1.54, 1.807) is 18.2 Å². The number of para-hydroxylation sites is 2. The van der Waals surface area contributed by atoms with Crippen LogP contribution in [-0.2, 0) is 0 Å². The van der Waals surface area contributed by atoms with Gasteiger partial charge in [-0.05, 0) is 37.3 Å². The van der Waals surface area contributed by atoms with E-state index in [2.05, 4.69) is 5.32 Å². The molecule has 5 heteroatoms. The average Bonchev–Trinajstić information content (AvgIpc) is 2.41. The normalized spacial score (nSPS) is 10.1. The number of benzene rings is 2. The molecule has 0 fully saturated rings. The van der Waals surface area contributed by atoms with Crippen LogP contribution in [0.2, 0.25) is 5.02 Å². The van der Waals surface area contributed by atoms with Crippen LogP contribution >= 0.6 is 23.8 Å². The van der Waals surface area contributed by atoms with Crippen molar-refractivity contribution in [3.05, 3.63) is 53.1 Å². The van der Waals surface area contributed by atoms with Crippen molar-refractivity contribution >= 4 is 40.2 Å². The molecule has 0 saturated carbocycles. The second-order valence-electron chi connectivity index (χ2n) is 4.11.